The van der Waals surface area contributed by atoms with Crippen molar-refractivity contribution < 1.29 is 9.59 Å². The molecule has 4 rings (SSSR count). The molecule has 136 valence electrons. The fourth-order valence-corrected chi connectivity index (χ4v) is 3.30. The summed E-state index contributed by atoms with van der Waals surface area (Å²) in [7, 11) is 1.77. The van der Waals surface area contributed by atoms with Crippen LogP contribution in [0.4, 0.5) is 5.69 Å². The highest BCUT2D eigenvalue weighted by Crippen LogP contribution is 2.31. The standard InChI is InChI=1S/C21H20N4O2/c1-13(26)25(2)12-14-6-5-7-15(10-14)19-21-20(24-18(27)11-22-19)16-8-3-4-9-17(16)23-21/h3-10,23H,11-12H2,1-2H3,(H,24,27). The Morgan fingerprint density at radius 1 is 1.19 bits per heavy atom. The Hall–Kier alpha value is -3.41. The number of rotatable bonds is 3. The van der Waals surface area contributed by atoms with Crippen molar-refractivity contribution in [2.45, 2.75) is 13.5 Å². The van der Waals surface area contributed by atoms with Crippen molar-refractivity contribution in [3.63, 3.8) is 0 Å². The predicted octanol–water partition coefficient (Wildman–Crippen LogP) is 2.94. The van der Waals surface area contributed by atoms with Gasteiger partial charge in [-0.25, -0.2) is 0 Å². The molecular formula is C21H20N4O2. The number of H-pyrrole nitrogens is 1. The third-order valence-electron chi connectivity index (χ3n) is 4.75. The van der Waals surface area contributed by atoms with E-state index in [-0.39, 0.29) is 18.4 Å². The predicted molar refractivity (Wildman–Crippen MR) is 106 cm³/mol. The minimum Gasteiger partial charge on any atom is -0.351 e. The highest BCUT2D eigenvalue weighted by Gasteiger charge is 2.22. The molecule has 0 spiro atoms. The number of aromatic nitrogens is 1. The zero-order valence-corrected chi connectivity index (χ0v) is 15.2. The van der Waals surface area contributed by atoms with Gasteiger partial charge in [-0.05, 0) is 17.7 Å². The van der Waals surface area contributed by atoms with Crippen LogP contribution in [0.3, 0.4) is 0 Å². The topological polar surface area (TPSA) is 77.6 Å². The molecule has 0 atom stereocenters. The number of anilines is 1. The molecule has 6 heteroatoms. The van der Waals surface area contributed by atoms with Crippen LogP contribution in [0.1, 0.15) is 23.7 Å². The summed E-state index contributed by atoms with van der Waals surface area (Å²) in [5.41, 5.74) is 5.18. The lowest BCUT2D eigenvalue weighted by atomic mass is 10.0. The molecular weight excluding hydrogens is 340 g/mol. The molecule has 1 aliphatic rings. The van der Waals surface area contributed by atoms with Crippen molar-refractivity contribution in [3.8, 4) is 0 Å². The molecule has 0 unspecified atom stereocenters. The number of para-hydroxylation sites is 1. The number of fused-ring (bicyclic) bond motifs is 3. The molecule has 1 aromatic heterocycles. The first-order chi connectivity index (χ1) is 13.0. The third kappa shape index (κ3) is 3.21. The smallest absolute Gasteiger partial charge is 0.246 e. The molecule has 2 aromatic carbocycles. The number of aliphatic imine (C=N–C) groups is 1. The number of hydrogen-bond donors (Lipinski definition) is 2. The normalized spacial score (nSPS) is 13.6. The molecule has 1 aliphatic heterocycles. The van der Waals surface area contributed by atoms with E-state index in [0.29, 0.717) is 6.54 Å². The maximum Gasteiger partial charge on any atom is 0.246 e. The van der Waals surface area contributed by atoms with E-state index in [9.17, 15) is 9.59 Å². The second-order valence-electron chi connectivity index (χ2n) is 6.71. The number of carbonyl (C=O) groups excluding carboxylic acids is 2. The second-order valence-corrected chi connectivity index (χ2v) is 6.71. The van der Waals surface area contributed by atoms with Gasteiger partial charge in [0.1, 0.15) is 6.54 Å². The Kier molecular flexibility index (Phi) is 4.24. The van der Waals surface area contributed by atoms with Gasteiger partial charge in [0.2, 0.25) is 11.8 Å². The van der Waals surface area contributed by atoms with Gasteiger partial charge in [-0.3, -0.25) is 14.6 Å². The highest BCUT2D eigenvalue weighted by molar-refractivity contribution is 6.22. The second kappa shape index (κ2) is 6.72. The summed E-state index contributed by atoms with van der Waals surface area (Å²) in [6.07, 6.45) is 0. The number of benzene rings is 2. The molecule has 0 saturated heterocycles. The van der Waals surface area contributed by atoms with Gasteiger partial charge in [0.05, 0.1) is 17.1 Å². The molecule has 3 aromatic rings. The van der Waals surface area contributed by atoms with E-state index >= 15 is 0 Å². The maximum atomic E-state index is 12.2. The number of amides is 2. The van der Waals surface area contributed by atoms with Gasteiger partial charge >= 0.3 is 0 Å². The van der Waals surface area contributed by atoms with Gasteiger partial charge in [-0.1, -0.05) is 36.4 Å². The fraction of sp³-hybridized carbons (Fsp3) is 0.190. The van der Waals surface area contributed by atoms with Crippen LogP contribution in [-0.4, -0.2) is 41.0 Å². The monoisotopic (exact) mass is 360 g/mol. The van der Waals surface area contributed by atoms with Crippen LogP contribution in [0.25, 0.3) is 10.9 Å². The summed E-state index contributed by atoms with van der Waals surface area (Å²) in [6.45, 7) is 2.14. The van der Waals surface area contributed by atoms with E-state index in [4.69, 9.17) is 0 Å². The summed E-state index contributed by atoms with van der Waals surface area (Å²) in [6, 6.07) is 15.8. The molecule has 0 aliphatic carbocycles. The SMILES string of the molecule is CC(=O)N(C)Cc1cccc(C2=NCC(=O)Nc3c2[nH]c2ccccc32)c1. The first-order valence-corrected chi connectivity index (χ1v) is 8.79. The van der Waals surface area contributed by atoms with Crippen molar-refractivity contribution in [1.82, 2.24) is 9.88 Å². The van der Waals surface area contributed by atoms with Crippen LogP contribution in [0, 0.1) is 0 Å². The molecule has 0 saturated carbocycles. The number of nitrogens with zero attached hydrogens (tertiary/aromatic N) is 2. The lowest BCUT2D eigenvalue weighted by molar-refractivity contribution is -0.128. The third-order valence-corrected chi connectivity index (χ3v) is 4.75. The summed E-state index contributed by atoms with van der Waals surface area (Å²) in [5, 5.41) is 3.93. The van der Waals surface area contributed by atoms with Gasteiger partial charge in [0.25, 0.3) is 0 Å². The average molecular weight is 360 g/mol. The number of aromatic amines is 1. The van der Waals surface area contributed by atoms with Crippen LogP contribution < -0.4 is 5.32 Å². The zero-order chi connectivity index (χ0) is 19.0. The minimum atomic E-state index is -0.136. The Bertz CT molecular complexity index is 1080. The van der Waals surface area contributed by atoms with Crippen LogP contribution in [0.15, 0.2) is 53.5 Å². The molecule has 27 heavy (non-hydrogen) atoms. The zero-order valence-electron chi connectivity index (χ0n) is 15.2. The Balaban J connectivity index is 1.80. The number of carbonyl (C=O) groups is 2. The number of hydrogen-bond acceptors (Lipinski definition) is 3. The number of nitrogens with one attached hydrogen (secondary N) is 2. The van der Waals surface area contributed by atoms with Crippen LogP contribution in [0.5, 0.6) is 0 Å². The minimum absolute atomic E-state index is 0.0138. The quantitative estimate of drug-likeness (QED) is 0.753. The van der Waals surface area contributed by atoms with Crippen molar-refractivity contribution in [2.24, 2.45) is 4.99 Å². The molecule has 2 heterocycles. The first kappa shape index (κ1) is 17.0. The van der Waals surface area contributed by atoms with Gasteiger partial charge in [0, 0.05) is 37.0 Å². The van der Waals surface area contributed by atoms with Crippen molar-refractivity contribution >= 4 is 34.1 Å². The van der Waals surface area contributed by atoms with E-state index in [1.165, 1.54) is 0 Å². The van der Waals surface area contributed by atoms with E-state index in [1.807, 2.05) is 48.5 Å². The molecule has 6 nitrogen and oxygen atoms in total. The molecule has 2 N–H and O–H groups in total. The average Bonchev–Trinajstić information content (AvgIpc) is 2.91. The first-order valence-electron chi connectivity index (χ1n) is 8.79. The van der Waals surface area contributed by atoms with Crippen LogP contribution >= 0.6 is 0 Å². The van der Waals surface area contributed by atoms with Gasteiger partial charge < -0.3 is 15.2 Å². The fourth-order valence-electron chi connectivity index (χ4n) is 3.30. The lowest BCUT2D eigenvalue weighted by Crippen LogP contribution is -2.23. The lowest BCUT2D eigenvalue weighted by Gasteiger charge is -2.15. The van der Waals surface area contributed by atoms with E-state index in [1.54, 1.807) is 18.9 Å². The van der Waals surface area contributed by atoms with Gasteiger partial charge in [-0.2, -0.15) is 0 Å². The largest absolute Gasteiger partial charge is 0.351 e. The van der Waals surface area contributed by atoms with Crippen LogP contribution in [-0.2, 0) is 16.1 Å². The Morgan fingerprint density at radius 3 is 2.81 bits per heavy atom. The van der Waals surface area contributed by atoms with Gasteiger partial charge in [-0.15, -0.1) is 0 Å². The van der Waals surface area contributed by atoms with E-state index in [0.717, 1.165) is 39.1 Å². The molecule has 0 bridgehead atoms. The molecule has 0 fully saturated rings. The van der Waals surface area contributed by atoms with Crippen molar-refractivity contribution in [3.05, 3.63) is 65.4 Å². The summed E-state index contributed by atoms with van der Waals surface area (Å²) >= 11 is 0. The highest BCUT2D eigenvalue weighted by atomic mass is 16.2. The summed E-state index contributed by atoms with van der Waals surface area (Å²) in [4.78, 5) is 33.3. The molecule has 0 radical (unpaired) electrons. The maximum absolute atomic E-state index is 12.2. The Morgan fingerprint density at radius 2 is 2.00 bits per heavy atom. The van der Waals surface area contributed by atoms with Crippen molar-refractivity contribution in [2.75, 3.05) is 18.9 Å². The molecule has 2 amide bonds. The van der Waals surface area contributed by atoms with E-state index < -0.39 is 0 Å². The van der Waals surface area contributed by atoms with Crippen LogP contribution in [0.2, 0.25) is 0 Å². The summed E-state index contributed by atoms with van der Waals surface area (Å²) in [5.74, 6) is -0.122. The van der Waals surface area contributed by atoms with Gasteiger partial charge in [0.15, 0.2) is 0 Å². The Labute approximate surface area is 156 Å². The van der Waals surface area contributed by atoms with Crippen molar-refractivity contribution in [1.29, 1.82) is 0 Å². The van der Waals surface area contributed by atoms with E-state index in [2.05, 4.69) is 15.3 Å². The summed E-state index contributed by atoms with van der Waals surface area (Å²) < 4.78 is 0.